The van der Waals surface area contributed by atoms with Crippen LogP contribution in [0.15, 0.2) is 30.3 Å². The largest absolute Gasteiger partial charge is 0.465 e. The summed E-state index contributed by atoms with van der Waals surface area (Å²) >= 11 is 0. The molecule has 3 nitrogen and oxygen atoms in total. The van der Waals surface area contributed by atoms with Crippen LogP contribution in [0.5, 0.6) is 0 Å². The van der Waals surface area contributed by atoms with E-state index in [1.165, 1.54) is 0 Å². The molecule has 0 spiro atoms. The summed E-state index contributed by atoms with van der Waals surface area (Å²) in [5.41, 5.74) is 6.24. The van der Waals surface area contributed by atoms with Crippen molar-refractivity contribution in [1.29, 1.82) is 0 Å². The quantitative estimate of drug-likeness (QED) is 0.836. The molecule has 1 saturated carbocycles. The van der Waals surface area contributed by atoms with Crippen LogP contribution in [-0.4, -0.2) is 19.1 Å². The van der Waals surface area contributed by atoms with Gasteiger partial charge in [0.05, 0.1) is 12.0 Å². The lowest BCUT2D eigenvalue weighted by Crippen LogP contribution is -2.27. The molecular weight excluding hydrogens is 238 g/mol. The van der Waals surface area contributed by atoms with Crippen LogP contribution in [0.1, 0.15) is 18.9 Å². The lowest BCUT2D eigenvalue weighted by Gasteiger charge is -2.15. The number of esters is 1. The monoisotopic (exact) mass is 255 g/mol. The third-order valence-corrected chi connectivity index (χ3v) is 3.32. The maximum absolute atomic E-state index is 12.0. The molecule has 0 radical (unpaired) electrons. The maximum Gasteiger partial charge on any atom is 0.316 e. The Hall–Kier alpha value is -1.06. The maximum atomic E-state index is 12.0. The first-order valence-electron chi connectivity index (χ1n) is 5.68. The molecule has 1 aromatic rings. The topological polar surface area (TPSA) is 52.3 Å². The van der Waals surface area contributed by atoms with Crippen molar-refractivity contribution in [1.82, 2.24) is 0 Å². The summed E-state index contributed by atoms with van der Waals surface area (Å²) in [5, 5.41) is 0. The smallest absolute Gasteiger partial charge is 0.316 e. The molecule has 94 valence electrons. The predicted molar refractivity (Wildman–Crippen MR) is 69.2 cm³/mol. The van der Waals surface area contributed by atoms with E-state index in [0.717, 1.165) is 12.0 Å². The summed E-state index contributed by atoms with van der Waals surface area (Å²) in [7, 11) is 0. The highest BCUT2D eigenvalue weighted by Crippen LogP contribution is 2.54. The van der Waals surface area contributed by atoms with Crippen LogP contribution in [0, 0.1) is 5.92 Å². The van der Waals surface area contributed by atoms with Crippen molar-refractivity contribution in [3.05, 3.63) is 35.9 Å². The van der Waals surface area contributed by atoms with Gasteiger partial charge in [0, 0.05) is 0 Å². The minimum atomic E-state index is -0.466. The minimum absolute atomic E-state index is 0. The Morgan fingerprint density at radius 2 is 2.12 bits per heavy atom. The van der Waals surface area contributed by atoms with E-state index < -0.39 is 5.41 Å². The van der Waals surface area contributed by atoms with Crippen LogP contribution in [0.2, 0.25) is 0 Å². The van der Waals surface area contributed by atoms with Gasteiger partial charge in [-0.15, -0.1) is 12.4 Å². The van der Waals surface area contributed by atoms with Crippen LogP contribution in [-0.2, 0) is 14.9 Å². The molecule has 0 saturated heterocycles. The average molecular weight is 256 g/mol. The van der Waals surface area contributed by atoms with Crippen molar-refractivity contribution in [2.45, 2.75) is 18.8 Å². The number of hydrogen-bond acceptors (Lipinski definition) is 3. The predicted octanol–water partition coefficient (Wildman–Crippen LogP) is 1.89. The van der Waals surface area contributed by atoms with Crippen molar-refractivity contribution >= 4 is 18.4 Å². The van der Waals surface area contributed by atoms with Gasteiger partial charge in [0.2, 0.25) is 0 Å². The Morgan fingerprint density at radius 3 is 2.59 bits per heavy atom. The van der Waals surface area contributed by atoms with E-state index in [9.17, 15) is 4.79 Å². The molecular formula is C13H18ClNO2. The van der Waals surface area contributed by atoms with E-state index in [1.54, 1.807) is 0 Å². The van der Waals surface area contributed by atoms with E-state index in [-0.39, 0.29) is 24.3 Å². The van der Waals surface area contributed by atoms with Gasteiger partial charge in [0.1, 0.15) is 0 Å². The molecule has 2 atom stereocenters. The van der Waals surface area contributed by atoms with E-state index in [0.29, 0.717) is 13.2 Å². The van der Waals surface area contributed by atoms with Gasteiger partial charge in [-0.1, -0.05) is 30.3 Å². The first kappa shape index (κ1) is 14.0. The highest BCUT2D eigenvalue weighted by Gasteiger charge is 2.61. The number of carbonyl (C=O) groups is 1. The molecule has 1 aliphatic rings. The zero-order chi connectivity index (χ0) is 11.6. The standard InChI is InChI=1S/C13H17NO2.ClH/c1-2-16-12(15)13(8-11(13)9-14)10-6-4-3-5-7-10;/h3-7,11H,2,8-9,14H2,1H3;1H/t11?,13-;/m1./s1. The number of hydrogen-bond donors (Lipinski definition) is 1. The Labute approximate surface area is 108 Å². The van der Waals surface area contributed by atoms with Gasteiger partial charge in [-0.05, 0) is 31.4 Å². The third kappa shape index (κ3) is 2.31. The molecule has 1 unspecified atom stereocenters. The summed E-state index contributed by atoms with van der Waals surface area (Å²) in [6.07, 6.45) is 0.812. The Kier molecular flexibility index (Phi) is 4.54. The van der Waals surface area contributed by atoms with Crippen LogP contribution < -0.4 is 5.73 Å². The van der Waals surface area contributed by atoms with Crippen LogP contribution in [0.3, 0.4) is 0 Å². The lowest BCUT2D eigenvalue weighted by atomic mass is 9.93. The minimum Gasteiger partial charge on any atom is -0.465 e. The number of ether oxygens (including phenoxy) is 1. The van der Waals surface area contributed by atoms with Crippen LogP contribution in [0.25, 0.3) is 0 Å². The fourth-order valence-corrected chi connectivity index (χ4v) is 2.33. The molecule has 2 rings (SSSR count). The number of halogens is 1. The molecule has 1 fully saturated rings. The van der Waals surface area contributed by atoms with Gasteiger partial charge < -0.3 is 10.5 Å². The fourth-order valence-electron chi connectivity index (χ4n) is 2.33. The second-order valence-corrected chi connectivity index (χ2v) is 4.19. The van der Waals surface area contributed by atoms with Gasteiger partial charge in [0.25, 0.3) is 0 Å². The van der Waals surface area contributed by atoms with Crippen molar-refractivity contribution in [2.24, 2.45) is 11.7 Å². The number of rotatable bonds is 4. The normalized spacial score (nSPS) is 25.9. The SMILES string of the molecule is CCOC(=O)[C@@]1(c2ccccc2)CC1CN.Cl. The average Bonchev–Trinajstić information content (AvgIpc) is 3.06. The molecule has 1 aromatic carbocycles. The van der Waals surface area contributed by atoms with Crippen LogP contribution in [0.4, 0.5) is 0 Å². The molecule has 0 amide bonds. The van der Waals surface area contributed by atoms with Crippen LogP contribution >= 0.6 is 12.4 Å². The zero-order valence-corrected chi connectivity index (χ0v) is 10.7. The summed E-state index contributed by atoms with van der Waals surface area (Å²) in [6.45, 7) is 2.79. The Balaban J connectivity index is 0.00000144. The fraction of sp³-hybridized carbons (Fsp3) is 0.462. The number of carbonyl (C=O) groups excluding carboxylic acids is 1. The summed E-state index contributed by atoms with van der Waals surface area (Å²) in [5.74, 6) is 0.102. The van der Waals surface area contributed by atoms with Gasteiger partial charge in [0.15, 0.2) is 0 Å². The Morgan fingerprint density at radius 1 is 1.47 bits per heavy atom. The molecule has 1 aliphatic carbocycles. The zero-order valence-electron chi connectivity index (χ0n) is 9.89. The second kappa shape index (κ2) is 5.52. The van der Waals surface area contributed by atoms with E-state index in [1.807, 2.05) is 37.3 Å². The van der Waals surface area contributed by atoms with Crippen molar-refractivity contribution in [2.75, 3.05) is 13.2 Å². The van der Waals surface area contributed by atoms with Gasteiger partial charge in [-0.3, -0.25) is 4.79 Å². The van der Waals surface area contributed by atoms with Crippen molar-refractivity contribution in [3.8, 4) is 0 Å². The second-order valence-electron chi connectivity index (χ2n) is 4.19. The van der Waals surface area contributed by atoms with Crippen molar-refractivity contribution in [3.63, 3.8) is 0 Å². The van der Waals surface area contributed by atoms with Gasteiger partial charge in [-0.25, -0.2) is 0 Å². The molecule has 0 bridgehead atoms. The van der Waals surface area contributed by atoms with Crippen molar-refractivity contribution < 1.29 is 9.53 Å². The van der Waals surface area contributed by atoms with Gasteiger partial charge in [-0.2, -0.15) is 0 Å². The number of nitrogens with two attached hydrogens (primary N) is 1. The van der Waals surface area contributed by atoms with E-state index >= 15 is 0 Å². The van der Waals surface area contributed by atoms with E-state index in [4.69, 9.17) is 10.5 Å². The van der Waals surface area contributed by atoms with E-state index in [2.05, 4.69) is 0 Å². The molecule has 17 heavy (non-hydrogen) atoms. The molecule has 0 aliphatic heterocycles. The number of benzene rings is 1. The highest BCUT2D eigenvalue weighted by molar-refractivity contribution is 5.87. The summed E-state index contributed by atoms with van der Waals surface area (Å²) < 4.78 is 5.16. The molecule has 0 heterocycles. The first-order valence-corrected chi connectivity index (χ1v) is 5.68. The third-order valence-electron chi connectivity index (χ3n) is 3.32. The highest BCUT2D eigenvalue weighted by atomic mass is 35.5. The van der Waals surface area contributed by atoms with Gasteiger partial charge >= 0.3 is 5.97 Å². The molecule has 0 aromatic heterocycles. The Bertz CT molecular complexity index is 382. The first-order chi connectivity index (χ1) is 7.75. The molecule has 2 N–H and O–H groups in total. The summed E-state index contributed by atoms with van der Waals surface area (Å²) in [6, 6.07) is 9.80. The lowest BCUT2D eigenvalue weighted by molar-refractivity contribution is -0.146. The summed E-state index contributed by atoms with van der Waals surface area (Å²) in [4.78, 5) is 12.0. The molecule has 4 heteroatoms.